The number of benzene rings is 1. The van der Waals surface area contributed by atoms with E-state index < -0.39 is 0 Å². The van der Waals surface area contributed by atoms with Crippen LogP contribution in [0.3, 0.4) is 0 Å². The molecule has 144 valence electrons. The number of rotatable bonds is 4. The molecule has 0 aliphatic heterocycles. The Morgan fingerprint density at radius 1 is 1.10 bits per heavy atom. The molecule has 0 amide bonds. The summed E-state index contributed by atoms with van der Waals surface area (Å²) in [7, 11) is 0. The Hall–Kier alpha value is -4.51. The van der Waals surface area contributed by atoms with Gasteiger partial charge in [0.25, 0.3) is 0 Å². The molecule has 0 fully saturated rings. The van der Waals surface area contributed by atoms with Crippen molar-refractivity contribution in [2.45, 2.75) is 6.92 Å². The highest BCUT2D eigenvalue weighted by Gasteiger charge is 2.08. The molecule has 0 bridgehead atoms. The highest BCUT2D eigenvalue weighted by Crippen LogP contribution is 2.27. The molecule has 1 aromatic carbocycles. The van der Waals surface area contributed by atoms with E-state index in [1.807, 2.05) is 49.5 Å². The smallest absolute Gasteiger partial charge is 0.141 e. The fourth-order valence-corrected chi connectivity index (χ4v) is 3.37. The maximum Gasteiger partial charge on any atom is 0.141 e. The van der Waals surface area contributed by atoms with Crippen molar-refractivity contribution in [3.63, 3.8) is 0 Å². The summed E-state index contributed by atoms with van der Waals surface area (Å²) >= 11 is 0. The van der Waals surface area contributed by atoms with Crippen LogP contribution in [0.1, 0.15) is 11.3 Å². The molecule has 4 aromatic heterocycles. The van der Waals surface area contributed by atoms with E-state index in [0.717, 1.165) is 44.9 Å². The molecule has 0 saturated carbocycles. The first-order valence-electron chi connectivity index (χ1n) is 9.27. The van der Waals surface area contributed by atoms with Crippen LogP contribution in [0.25, 0.3) is 27.8 Å². The molecule has 0 radical (unpaired) electrons. The summed E-state index contributed by atoms with van der Waals surface area (Å²) in [5.74, 6) is 0.721. The zero-order valence-electron chi connectivity index (χ0n) is 16.0. The van der Waals surface area contributed by atoms with Crippen LogP contribution in [0.15, 0.2) is 67.5 Å². The Bertz CT molecular complexity index is 1390. The fourth-order valence-electron chi connectivity index (χ4n) is 3.37. The zero-order valence-corrected chi connectivity index (χ0v) is 16.0. The normalized spacial score (nSPS) is 10.8. The molecule has 0 atom stereocenters. The van der Waals surface area contributed by atoms with Crippen LogP contribution < -0.4 is 5.32 Å². The maximum atomic E-state index is 9.07. The van der Waals surface area contributed by atoms with Gasteiger partial charge in [0.1, 0.15) is 30.2 Å². The summed E-state index contributed by atoms with van der Waals surface area (Å²) in [6.07, 6.45) is 6.63. The van der Waals surface area contributed by atoms with Crippen molar-refractivity contribution in [1.82, 2.24) is 29.7 Å². The number of nitriles is 1. The third kappa shape index (κ3) is 3.36. The highest BCUT2D eigenvalue weighted by atomic mass is 15.3. The van der Waals surface area contributed by atoms with E-state index in [2.05, 4.69) is 36.4 Å². The Morgan fingerprint density at radius 3 is 2.87 bits per heavy atom. The fraction of sp³-hybridized carbons (Fsp3) is 0.0455. The number of anilines is 2. The molecule has 0 spiro atoms. The number of aromatic amines is 1. The minimum absolute atomic E-state index is 0.384. The number of nitrogens with zero attached hydrogens (tertiary/aromatic N) is 6. The van der Waals surface area contributed by atoms with E-state index in [0.29, 0.717) is 5.69 Å². The summed E-state index contributed by atoms with van der Waals surface area (Å²) in [6.45, 7) is 2.03. The molecule has 8 heteroatoms. The SMILES string of the molecule is Cc1cc(Nc2cc3[nH]c(-c4ccnc(C#N)c4)cc3cn2)cc(-n2cncn2)c1. The number of aryl methyl sites for hydroxylation is 1. The van der Waals surface area contributed by atoms with E-state index in [4.69, 9.17) is 5.26 Å². The average molecular weight is 392 g/mol. The predicted molar refractivity (Wildman–Crippen MR) is 113 cm³/mol. The second-order valence-corrected chi connectivity index (χ2v) is 6.90. The lowest BCUT2D eigenvalue weighted by molar-refractivity contribution is 0.878. The number of aromatic nitrogens is 6. The Kier molecular flexibility index (Phi) is 4.19. The van der Waals surface area contributed by atoms with Crippen LogP contribution in [-0.2, 0) is 0 Å². The molecular weight excluding hydrogens is 376 g/mol. The lowest BCUT2D eigenvalue weighted by atomic mass is 10.1. The summed E-state index contributed by atoms with van der Waals surface area (Å²) < 4.78 is 1.72. The van der Waals surface area contributed by atoms with Crippen molar-refractivity contribution >= 4 is 22.4 Å². The van der Waals surface area contributed by atoms with Gasteiger partial charge < -0.3 is 10.3 Å². The first-order valence-corrected chi connectivity index (χ1v) is 9.27. The maximum absolute atomic E-state index is 9.07. The number of H-pyrrole nitrogens is 1. The minimum atomic E-state index is 0.384. The van der Waals surface area contributed by atoms with Gasteiger partial charge in [0, 0.05) is 40.8 Å². The van der Waals surface area contributed by atoms with E-state index in [1.165, 1.54) is 6.33 Å². The molecule has 5 aromatic rings. The van der Waals surface area contributed by atoms with Crippen molar-refractivity contribution in [2.24, 2.45) is 0 Å². The molecule has 8 nitrogen and oxygen atoms in total. The molecular formula is C22H16N8. The van der Waals surface area contributed by atoms with Crippen LogP contribution in [0, 0.1) is 18.3 Å². The van der Waals surface area contributed by atoms with Gasteiger partial charge in [-0.05, 0) is 48.9 Å². The quantitative estimate of drug-likeness (QED) is 0.476. The van der Waals surface area contributed by atoms with Crippen LogP contribution >= 0.6 is 0 Å². The third-order valence-corrected chi connectivity index (χ3v) is 4.71. The molecule has 0 aliphatic rings. The lowest BCUT2D eigenvalue weighted by Crippen LogP contribution is -1.99. The largest absolute Gasteiger partial charge is 0.354 e. The van der Waals surface area contributed by atoms with Crippen LogP contribution in [0.2, 0.25) is 0 Å². The van der Waals surface area contributed by atoms with Gasteiger partial charge in [0.05, 0.1) is 11.2 Å². The Balaban J connectivity index is 1.47. The Labute approximate surface area is 171 Å². The number of hydrogen-bond donors (Lipinski definition) is 2. The van der Waals surface area contributed by atoms with Gasteiger partial charge in [0.2, 0.25) is 0 Å². The van der Waals surface area contributed by atoms with Crippen LogP contribution in [0.4, 0.5) is 11.5 Å². The van der Waals surface area contributed by atoms with Crippen molar-refractivity contribution in [3.8, 4) is 23.0 Å². The number of fused-ring (bicyclic) bond motifs is 1. The van der Waals surface area contributed by atoms with E-state index >= 15 is 0 Å². The second kappa shape index (κ2) is 7.14. The first-order chi connectivity index (χ1) is 14.7. The summed E-state index contributed by atoms with van der Waals surface area (Å²) in [6, 6.07) is 15.8. The van der Waals surface area contributed by atoms with Gasteiger partial charge in [-0.25, -0.2) is 19.6 Å². The number of hydrogen-bond acceptors (Lipinski definition) is 6. The molecule has 0 saturated heterocycles. The minimum Gasteiger partial charge on any atom is -0.354 e. The van der Waals surface area contributed by atoms with Gasteiger partial charge in [0.15, 0.2) is 0 Å². The number of nitrogens with one attached hydrogen (secondary N) is 2. The lowest BCUT2D eigenvalue weighted by Gasteiger charge is -2.09. The summed E-state index contributed by atoms with van der Waals surface area (Å²) in [5, 5.41) is 17.6. The average Bonchev–Trinajstić information content (AvgIpc) is 3.43. The molecule has 0 unspecified atom stereocenters. The van der Waals surface area contributed by atoms with E-state index in [-0.39, 0.29) is 0 Å². The predicted octanol–water partition coefficient (Wildman–Crippen LogP) is 4.13. The topological polar surface area (TPSA) is 108 Å². The third-order valence-electron chi connectivity index (χ3n) is 4.71. The van der Waals surface area contributed by atoms with Gasteiger partial charge in [-0.1, -0.05) is 0 Å². The van der Waals surface area contributed by atoms with Gasteiger partial charge in [-0.15, -0.1) is 0 Å². The first kappa shape index (κ1) is 17.6. The Morgan fingerprint density at radius 2 is 2.03 bits per heavy atom. The molecule has 2 N–H and O–H groups in total. The molecule has 5 rings (SSSR count). The van der Waals surface area contributed by atoms with Gasteiger partial charge in [-0.2, -0.15) is 10.4 Å². The van der Waals surface area contributed by atoms with E-state index in [1.54, 1.807) is 23.3 Å². The zero-order chi connectivity index (χ0) is 20.5. The van der Waals surface area contributed by atoms with Gasteiger partial charge in [-0.3, -0.25) is 0 Å². The van der Waals surface area contributed by atoms with Crippen LogP contribution in [-0.4, -0.2) is 29.7 Å². The van der Waals surface area contributed by atoms with Crippen molar-refractivity contribution < 1.29 is 0 Å². The molecule has 0 aliphatic carbocycles. The number of pyridine rings is 2. The van der Waals surface area contributed by atoms with E-state index in [9.17, 15) is 0 Å². The monoisotopic (exact) mass is 392 g/mol. The standard InChI is InChI=1S/C22H16N8/c1-14-4-17(8-19(5-14)30-13-24-12-27-30)28-22-9-21-16(11-26-22)7-20(29-21)15-2-3-25-18(6-15)10-23/h2-9,11-13,29H,1H3,(H,26,28). The van der Waals surface area contributed by atoms with Crippen molar-refractivity contribution in [1.29, 1.82) is 5.26 Å². The van der Waals surface area contributed by atoms with Crippen molar-refractivity contribution in [3.05, 3.63) is 78.8 Å². The van der Waals surface area contributed by atoms with Crippen molar-refractivity contribution in [2.75, 3.05) is 5.32 Å². The summed E-state index contributed by atoms with van der Waals surface area (Å²) in [5.41, 5.74) is 6.07. The summed E-state index contributed by atoms with van der Waals surface area (Å²) in [4.78, 5) is 16.0. The molecule has 4 heterocycles. The van der Waals surface area contributed by atoms with Crippen LogP contribution in [0.5, 0.6) is 0 Å². The second-order valence-electron chi connectivity index (χ2n) is 6.90. The van der Waals surface area contributed by atoms with Gasteiger partial charge >= 0.3 is 0 Å². The highest BCUT2D eigenvalue weighted by molar-refractivity contribution is 5.87. The molecule has 30 heavy (non-hydrogen) atoms.